The molecule has 0 bridgehead atoms. The Bertz CT molecular complexity index is 1320. The molecule has 1 N–H and O–H groups in total. The standard InChI is InChI=1S/C26H32N4O3/c1-5-12-33-22-9-7-19(16-30(22,3)4)18-6-8-21-20(15-18)24-25(29(2)26(31)28-24)23(27-21)17-10-13-32-14-11-17/h6-9,15,17H,5,10-14,16H2,1-4H3/p+1. The molecule has 0 atom stereocenters. The molecule has 2 aliphatic heterocycles. The Kier molecular flexibility index (Phi) is 5.62. The zero-order valence-electron chi connectivity index (χ0n) is 20.0. The van der Waals surface area contributed by atoms with Crippen LogP contribution in [0.1, 0.15) is 43.4 Å². The largest absolute Gasteiger partial charge is 0.452 e. The van der Waals surface area contributed by atoms with Gasteiger partial charge in [-0.2, -0.15) is 0 Å². The molecule has 2 aromatic heterocycles. The average molecular weight is 450 g/mol. The van der Waals surface area contributed by atoms with E-state index < -0.39 is 0 Å². The highest BCUT2D eigenvalue weighted by Crippen LogP contribution is 2.35. The van der Waals surface area contributed by atoms with Crippen LogP contribution in [0.3, 0.4) is 0 Å². The molecule has 1 saturated heterocycles. The second kappa shape index (κ2) is 8.47. The minimum atomic E-state index is -0.103. The lowest BCUT2D eigenvalue weighted by Gasteiger charge is -2.33. The van der Waals surface area contributed by atoms with Crippen molar-refractivity contribution in [1.29, 1.82) is 0 Å². The van der Waals surface area contributed by atoms with Crippen molar-refractivity contribution < 1.29 is 14.0 Å². The van der Waals surface area contributed by atoms with Crippen LogP contribution in [0.15, 0.2) is 41.0 Å². The number of ether oxygens (including phenoxy) is 2. The molecule has 7 nitrogen and oxygen atoms in total. The summed E-state index contributed by atoms with van der Waals surface area (Å²) in [5, 5.41) is 0.985. The summed E-state index contributed by atoms with van der Waals surface area (Å²) in [4.78, 5) is 20.8. The van der Waals surface area contributed by atoms with Gasteiger partial charge in [-0.1, -0.05) is 13.0 Å². The molecule has 5 rings (SSSR count). The highest BCUT2D eigenvalue weighted by Gasteiger charge is 2.29. The second-order valence-corrected chi connectivity index (χ2v) is 9.72. The molecule has 4 heterocycles. The third-order valence-corrected chi connectivity index (χ3v) is 6.88. The number of hydrogen-bond donors (Lipinski definition) is 1. The fourth-order valence-corrected chi connectivity index (χ4v) is 5.03. The molecule has 3 aromatic rings. The van der Waals surface area contributed by atoms with Crippen molar-refractivity contribution in [3.05, 3.63) is 58.0 Å². The zero-order valence-corrected chi connectivity index (χ0v) is 20.0. The van der Waals surface area contributed by atoms with Gasteiger partial charge in [0.2, 0.25) is 0 Å². The van der Waals surface area contributed by atoms with E-state index in [0.29, 0.717) is 10.4 Å². The van der Waals surface area contributed by atoms with E-state index in [1.54, 1.807) is 4.57 Å². The van der Waals surface area contributed by atoms with Gasteiger partial charge in [0.05, 0.1) is 42.9 Å². The molecule has 7 heteroatoms. The third-order valence-electron chi connectivity index (χ3n) is 6.88. The van der Waals surface area contributed by atoms with Crippen LogP contribution >= 0.6 is 0 Å². The van der Waals surface area contributed by atoms with Gasteiger partial charge in [0.1, 0.15) is 6.54 Å². The number of rotatable bonds is 5. The van der Waals surface area contributed by atoms with Crippen molar-refractivity contribution >= 4 is 27.5 Å². The zero-order chi connectivity index (χ0) is 23.2. The van der Waals surface area contributed by atoms with E-state index in [2.05, 4.69) is 56.4 Å². The first-order chi connectivity index (χ1) is 15.9. The lowest BCUT2D eigenvalue weighted by Crippen LogP contribution is -2.42. The number of benzene rings is 1. The topological polar surface area (TPSA) is 69.1 Å². The van der Waals surface area contributed by atoms with Crippen molar-refractivity contribution in [2.24, 2.45) is 7.05 Å². The number of imidazole rings is 1. The molecule has 1 fully saturated rings. The van der Waals surface area contributed by atoms with Gasteiger partial charge in [0.15, 0.2) is 0 Å². The van der Waals surface area contributed by atoms with Crippen molar-refractivity contribution in [3.63, 3.8) is 0 Å². The maximum atomic E-state index is 12.6. The minimum absolute atomic E-state index is 0.103. The fourth-order valence-electron chi connectivity index (χ4n) is 5.03. The molecule has 174 valence electrons. The Morgan fingerprint density at radius 1 is 1.24 bits per heavy atom. The molecule has 1 aromatic carbocycles. The number of aryl methyl sites for hydroxylation is 1. The summed E-state index contributed by atoms with van der Waals surface area (Å²) in [6, 6.07) is 6.41. The van der Waals surface area contributed by atoms with E-state index in [1.807, 2.05) is 7.05 Å². The number of nitrogens with zero attached hydrogens (tertiary/aromatic N) is 3. The highest BCUT2D eigenvalue weighted by atomic mass is 16.5. The first-order valence-corrected chi connectivity index (χ1v) is 11.9. The molecule has 0 aliphatic carbocycles. The quantitative estimate of drug-likeness (QED) is 0.597. The number of aromatic amines is 1. The Hall–Kier alpha value is -2.90. The monoisotopic (exact) mass is 449 g/mol. The summed E-state index contributed by atoms with van der Waals surface area (Å²) in [5.41, 5.74) is 6.00. The van der Waals surface area contributed by atoms with Gasteiger partial charge in [-0.25, -0.2) is 4.79 Å². The maximum Gasteiger partial charge on any atom is 0.326 e. The summed E-state index contributed by atoms with van der Waals surface area (Å²) in [6.07, 6.45) is 7.10. The van der Waals surface area contributed by atoms with Crippen LogP contribution in [0, 0.1) is 0 Å². The van der Waals surface area contributed by atoms with Gasteiger partial charge in [-0.3, -0.25) is 14.0 Å². The van der Waals surface area contributed by atoms with Crippen LogP contribution < -0.4 is 5.69 Å². The van der Waals surface area contributed by atoms with Crippen LogP contribution in [-0.4, -0.2) is 59.5 Å². The van der Waals surface area contributed by atoms with Gasteiger partial charge < -0.3 is 14.5 Å². The number of fused-ring (bicyclic) bond motifs is 3. The molecule has 0 amide bonds. The number of H-pyrrole nitrogens is 1. The molecule has 0 unspecified atom stereocenters. The lowest BCUT2D eigenvalue weighted by atomic mass is 9.93. The van der Waals surface area contributed by atoms with Crippen LogP contribution in [0.2, 0.25) is 0 Å². The molecule has 0 saturated carbocycles. The number of likely N-dealkylation sites (N-methyl/N-ethyl adjacent to an activating group) is 1. The van der Waals surface area contributed by atoms with Crippen LogP contribution in [0.25, 0.3) is 27.5 Å². The van der Waals surface area contributed by atoms with Gasteiger partial charge in [0.25, 0.3) is 5.88 Å². The Labute approximate surface area is 193 Å². The third kappa shape index (κ3) is 3.89. The smallest absolute Gasteiger partial charge is 0.326 e. The first-order valence-electron chi connectivity index (χ1n) is 11.9. The van der Waals surface area contributed by atoms with E-state index in [0.717, 1.165) is 84.7 Å². The summed E-state index contributed by atoms with van der Waals surface area (Å²) < 4.78 is 13.9. The van der Waals surface area contributed by atoms with E-state index >= 15 is 0 Å². The summed E-state index contributed by atoms with van der Waals surface area (Å²) in [6.45, 7) is 5.16. The van der Waals surface area contributed by atoms with Crippen molar-refractivity contribution in [3.8, 4) is 0 Å². The Balaban J connectivity index is 1.62. The molecule has 2 aliphatic rings. The normalized spacial score (nSPS) is 19.0. The number of pyridine rings is 1. The number of hydrogen-bond acceptors (Lipinski definition) is 4. The molecular weight excluding hydrogens is 416 g/mol. The predicted molar refractivity (Wildman–Crippen MR) is 131 cm³/mol. The maximum absolute atomic E-state index is 12.6. The summed E-state index contributed by atoms with van der Waals surface area (Å²) in [5.74, 6) is 1.29. The SMILES string of the molecule is CCCOC1=CC=C(c2ccc3nc(C4CCOCC4)c4c([nH]c(=O)n4C)c3c2)C[N+]1(C)C. The van der Waals surface area contributed by atoms with Crippen molar-refractivity contribution in [2.45, 2.75) is 32.1 Å². The van der Waals surface area contributed by atoms with E-state index in [1.165, 1.54) is 5.57 Å². The van der Waals surface area contributed by atoms with Gasteiger partial charge in [0, 0.05) is 43.2 Å². The van der Waals surface area contributed by atoms with Crippen LogP contribution in [0.5, 0.6) is 0 Å². The summed E-state index contributed by atoms with van der Waals surface area (Å²) in [7, 11) is 6.17. The van der Waals surface area contributed by atoms with Gasteiger partial charge in [-0.05, 0) is 43.0 Å². The molecular formula is C26H33N4O3+. The predicted octanol–water partition coefficient (Wildman–Crippen LogP) is 4.05. The number of allylic oxidation sites excluding steroid dienone is 2. The van der Waals surface area contributed by atoms with Gasteiger partial charge in [-0.15, -0.1) is 0 Å². The lowest BCUT2D eigenvalue weighted by molar-refractivity contribution is -0.861. The molecule has 0 radical (unpaired) electrons. The minimum Gasteiger partial charge on any atom is -0.452 e. The second-order valence-electron chi connectivity index (χ2n) is 9.72. The van der Waals surface area contributed by atoms with E-state index in [-0.39, 0.29) is 5.69 Å². The average Bonchev–Trinajstić information content (AvgIpc) is 3.12. The summed E-state index contributed by atoms with van der Waals surface area (Å²) >= 11 is 0. The van der Waals surface area contributed by atoms with Crippen molar-refractivity contribution in [2.75, 3.05) is 40.5 Å². The van der Waals surface area contributed by atoms with E-state index in [9.17, 15) is 4.79 Å². The Morgan fingerprint density at radius 3 is 2.76 bits per heavy atom. The van der Waals surface area contributed by atoms with Crippen LogP contribution in [0.4, 0.5) is 0 Å². The molecule has 33 heavy (non-hydrogen) atoms. The Morgan fingerprint density at radius 2 is 2.03 bits per heavy atom. The highest BCUT2D eigenvalue weighted by molar-refractivity contribution is 6.04. The van der Waals surface area contributed by atoms with E-state index in [4.69, 9.17) is 14.5 Å². The molecule has 0 spiro atoms. The fraction of sp³-hybridized carbons (Fsp3) is 0.462. The van der Waals surface area contributed by atoms with Crippen molar-refractivity contribution in [1.82, 2.24) is 14.5 Å². The van der Waals surface area contributed by atoms with Gasteiger partial charge >= 0.3 is 5.69 Å². The number of quaternary nitrogens is 1. The number of aromatic nitrogens is 3. The van der Waals surface area contributed by atoms with Crippen LogP contribution in [-0.2, 0) is 16.5 Å². The number of nitrogens with one attached hydrogen (secondary N) is 1. The first kappa shape index (κ1) is 21.9.